The topological polar surface area (TPSA) is 63.0 Å². The van der Waals surface area contributed by atoms with E-state index in [1.165, 1.54) is 6.92 Å². The fourth-order valence-corrected chi connectivity index (χ4v) is 3.63. The molecule has 3 rings (SSSR count). The van der Waals surface area contributed by atoms with Crippen molar-refractivity contribution in [1.29, 1.82) is 0 Å². The Balaban J connectivity index is 1.74. The van der Waals surface area contributed by atoms with Crippen LogP contribution in [0.4, 0.5) is 10.5 Å². The van der Waals surface area contributed by atoms with E-state index < -0.39 is 5.60 Å². The van der Waals surface area contributed by atoms with Gasteiger partial charge in [-0.25, -0.2) is 4.79 Å². The highest BCUT2D eigenvalue weighted by Gasteiger charge is 2.27. The molecule has 1 amide bonds. The minimum atomic E-state index is -0.488. The molecule has 1 aromatic carbocycles. The second-order valence-electron chi connectivity index (χ2n) is 7.43. The van der Waals surface area contributed by atoms with Crippen LogP contribution < -0.4 is 4.90 Å². The summed E-state index contributed by atoms with van der Waals surface area (Å²) in [5.74, 6) is 0.258. The number of benzene rings is 1. The van der Waals surface area contributed by atoms with E-state index in [4.69, 9.17) is 9.15 Å². The Bertz CT molecular complexity index is 845. The fourth-order valence-electron chi connectivity index (χ4n) is 2.94. The van der Waals surface area contributed by atoms with Gasteiger partial charge in [0.2, 0.25) is 0 Å². The average molecular weight is 423 g/mol. The Labute approximate surface area is 161 Å². The van der Waals surface area contributed by atoms with Crippen LogP contribution in [0.3, 0.4) is 0 Å². The molecule has 1 aromatic heterocycles. The second-order valence-corrected chi connectivity index (χ2v) is 8.22. The Morgan fingerprint density at radius 1 is 1.15 bits per heavy atom. The van der Waals surface area contributed by atoms with Crippen LogP contribution in [0, 0.1) is 0 Å². The summed E-state index contributed by atoms with van der Waals surface area (Å²) in [6.07, 6.45) is -0.271. The van der Waals surface area contributed by atoms with Crippen molar-refractivity contribution in [2.75, 3.05) is 31.1 Å². The minimum Gasteiger partial charge on any atom is -0.453 e. The third kappa shape index (κ3) is 3.87. The van der Waals surface area contributed by atoms with Crippen molar-refractivity contribution >= 4 is 44.5 Å². The number of carbonyl (C=O) groups is 2. The number of piperazine rings is 1. The van der Waals surface area contributed by atoms with Crippen molar-refractivity contribution in [3.8, 4) is 0 Å². The summed E-state index contributed by atoms with van der Waals surface area (Å²) in [6.45, 7) is 9.71. The van der Waals surface area contributed by atoms with Gasteiger partial charge in [-0.15, -0.1) is 0 Å². The number of ether oxygens (including phenoxy) is 1. The van der Waals surface area contributed by atoms with Gasteiger partial charge in [-0.2, -0.15) is 0 Å². The molecule has 0 radical (unpaired) electrons. The molecule has 0 spiro atoms. The van der Waals surface area contributed by atoms with E-state index in [9.17, 15) is 9.59 Å². The van der Waals surface area contributed by atoms with Crippen LogP contribution in [0.15, 0.2) is 27.1 Å². The molecule has 1 saturated heterocycles. The van der Waals surface area contributed by atoms with Gasteiger partial charge in [-0.1, -0.05) is 0 Å². The van der Waals surface area contributed by atoms with Crippen molar-refractivity contribution in [1.82, 2.24) is 4.90 Å². The third-order valence-electron chi connectivity index (χ3n) is 4.23. The molecule has 2 heterocycles. The zero-order chi connectivity index (χ0) is 19.1. The SMILES string of the molecule is CC(=O)c1cc2c(Br)c(N3CCN(C(=O)OC(C)(C)C)CC3)ccc2o1. The highest BCUT2D eigenvalue weighted by atomic mass is 79.9. The molecular weight excluding hydrogens is 400 g/mol. The van der Waals surface area contributed by atoms with Crippen LogP contribution in [-0.4, -0.2) is 48.6 Å². The Morgan fingerprint density at radius 2 is 1.81 bits per heavy atom. The number of amides is 1. The summed E-state index contributed by atoms with van der Waals surface area (Å²) in [7, 11) is 0. The molecule has 0 N–H and O–H groups in total. The van der Waals surface area contributed by atoms with Crippen LogP contribution in [0.25, 0.3) is 11.0 Å². The lowest BCUT2D eigenvalue weighted by Crippen LogP contribution is -2.50. The van der Waals surface area contributed by atoms with Crippen LogP contribution >= 0.6 is 15.9 Å². The van der Waals surface area contributed by atoms with Gasteiger partial charge in [0.15, 0.2) is 11.5 Å². The number of ketones is 1. The van der Waals surface area contributed by atoms with Crippen LogP contribution in [0.5, 0.6) is 0 Å². The number of carbonyl (C=O) groups excluding carboxylic acids is 2. The Hall–Kier alpha value is -2.02. The normalized spacial score (nSPS) is 15.4. The first-order valence-electron chi connectivity index (χ1n) is 8.61. The van der Waals surface area contributed by atoms with E-state index in [1.807, 2.05) is 32.9 Å². The average Bonchev–Trinajstić information content (AvgIpc) is 2.99. The number of hydrogen-bond donors (Lipinski definition) is 0. The van der Waals surface area contributed by atoms with Gasteiger partial charge < -0.3 is 19.0 Å². The van der Waals surface area contributed by atoms with Gasteiger partial charge in [0.05, 0.1) is 10.2 Å². The van der Waals surface area contributed by atoms with E-state index in [0.29, 0.717) is 37.5 Å². The van der Waals surface area contributed by atoms with Gasteiger partial charge in [-0.3, -0.25) is 4.79 Å². The molecule has 2 aromatic rings. The lowest BCUT2D eigenvalue weighted by Gasteiger charge is -2.37. The number of anilines is 1. The van der Waals surface area contributed by atoms with E-state index in [-0.39, 0.29) is 11.9 Å². The molecule has 6 nitrogen and oxygen atoms in total. The smallest absolute Gasteiger partial charge is 0.410 e. The second kappa shape index (κ2) is 6.95. The highest BCUT2D eigenvalue weighted by Crippen LogP contribution is 2.36. The number of Topliss-reactive ketones (excluding diaryl/α,β-unsaturated/α-hetero) is 1. The summed E-state index contributed by atoms with van der Waals surface area (Å²) in [4.78, 5) is 27.7. The molecule has 1 aliphatic heterocycles. The van der Waals surface area contributed by atoms with Gasteiger partial charge in [-0.05, 0) is 54.9 Å². The van der Waals surface area contributed by atoms with Crippen molar-refractivity contribution in [3.63, 3.8) is 0 Å². The maximum absolute atomic E-state index is 12.2. The Morgan fingerprint density at radius 3 is 2.38 bits per heavy atom. The van der Waals surface area contributed by atoms with E-state index in [2.05, 4.69) is 20.8 Å². The number of halogens is 1. The summed E-state index contributed by atoms with van der Waals surface area (Å²) in [5.41, 5.74) is 1.22. The van der Waals surface area contributed by atoms with E-state index in [0.717, 1.165) is 15.5 Å². The maximum Gasteiger partial charge on any atom is 0.410 e. The first kappa shape index (κ1) is 18.8. The summed E-state index contributed by atoms with van der Waals surface area (Å²) >= 11 is 3.65. The predicted octanol–water partition coefficient (Wildman–Crippen LogP) is 4.46. The molecule has 0 bridgehead atoms. The van der Waals surface area contributed by atoms with Crippen molar-refractivity contribution in [2.45, 2.75) is 33.3 Å². The van der Waals surface area contributed by atoms with Crippen LogP contribution in [0.1, 0.15) is 38.2 Å². The molecule has 26 heavy (non-hydrogen) atoms. The van der Waals surface area contributed by atoms with Crippen molar-refractivity contribution < 1.29 is 18.7 Å². The summed E-state index contributed by atoms with van der Waals surface area (Å²) in [6, 6.07) is 5.62. The van der Waals surface area contributed by atoms with Crippen molar-refractivity contribution in [2.24, 2.45) is 0 Å². The summed E-state index contributed by atoms with van der Waals surface area (Å²) in [5, 5.41) is 0.877. The summed E-state index contributed by atoms with van der Waals surface area (Å²) < 4.78 is 11.9. The highest BCUT2D eigenvalue weighted by molar-refractivity contribution is 9.10. The molecule has 1 aliphatic rings. The molecule has 140 valence electrons. The number of furan rings is 1. The minimum absolute atomic E-state index is 0.0966. The molecule has 0 aliphatic carbocycles. The number of hydrogen-bond acceptors (Lipinski definition) is 5. The van der Waals surface area contributed by atoms with Crippen LogP contribution in [0.2, 0.25) is 0 Å². The lowest BCUT2D eigenvalue weighted by molar-refractivity contribution is 0.0240. The largest absolute Gasteiger partial charge is 0.453 e. The predicted molar refractivity (Wildman–Crippen MR) is 104 cm³/mol. The zero-order valence-electron chi connectivity index (χ0n) is 15.5. The van der Waals surface area contributed by atoms with E-state index >= 15 is 0 Å². The molecular formula is C19H23BrN2O4. The lowest BCUT2D eigenvalue weighted by atomic mass is 10.2. The van der Waals surface area contributed by atoms with E-state index in [1.54, 1.807) is 11.0 Å². The van der Waals surface area contributed by atoms with Crippen LogP contribution in [-0.2, 0) is 4.74 Å². The molecule has 7 heteroatoms. The quantitative estimate of drug-likeness (QED) is 0.668. The standard InChI is InChI=1S/C19H23BrN2O4/c1-12(23)16-11-13-15(25-16)6-5-14(17(13)20)21-7-9-22(10-8-21)18(24)26-19(2,3)4/h5-6,11H,7-10H2,1-4H3. The molecule has 0 unspecified atom stereocenters. The number of fused-ring (bicyclic) bond motifs is 1. The van der Waals surface area contributed by atoms with Gasteiger partial charge in [0, 0.05) is 38.5 Å². The fraction of sp³-hybridized carbons (Fsp3) is 0.474. The third-order valence-corrected chi connectivity index (χ3v) is 5.07. The van der Waals surface area contributed by atoms with Gasteiger partial charge >= 0.3 is 6.09 Å². The molecule has 0 saturated carbocycles. The number of nitrogens with zero attached hydrogens (tertiary/aromatic N) is 2. The maximum atomic E-state index is 12.2. The number of rotatable bonds is 2. The molecule has 1 fully saturated rings. The Kier molecular flexibility index (Phi) is 5.01. The first-order valence-corrected chi connectivity index (χ1v) is 9.41. The van der Waals surface area contributed by atoms with Crippen molar-refractivity contribution in [3.05, 3.63) is 28.4 Å². The van der Waals surface area contributed by atoms with Gasteiger partial charge in [0.1, 0.15) is 11.2 Å². The molecule has 0 atom stereocenters. The first-order chi connectivity index (χ1) is 12.2. The monoisotopic (exact) mass is 422 g/mol. The zero-order valence-corrected chi connectivity index (χ0v) is 17.1. The van der Waals surface area contributed by atoms with Gasteiger partial charge in [0.25, 0.3) is 0 Å².